The lowest BCUT2D eigenvalue weighted by atomic mass is 9.68. The number of hydrogen-bond donors (Lipinski definition) is 1. The highest BCUT2D eigenvalue weighted by Crippen LogP contribution is 2.48. The highest BCUT2D eigenvalue weighted by atomic mass is 19.4. The third kappa shape index (κ3) is 2.46. The van der Waals surface area contributed by atoms with Gasteiger partial charge in [0, 0.05) is 12.0 Å². The Morgan fingerprint density at radius 3 is 2.24 bits per heavy atom. The van der Waals surface area contributed by atoms with Crippen LogP contribution in [-0.2, 0) is 11.6 Å². The summed E-state index contributed by atoms with van der Waals surface area (Å²) in [5.41, 5.74) is 4.91. The summed E-state index contributed by atoms with van der Waals surface area (Å²) >= 11 is 0. The Labute approximate surface area is 121 Å². The minimum atomic E-state index is -4.42. The van der Waals surface area contributed by atoms with E-state index in [1.807, 2.05) is 0 Å². The molecule has 1 aromatic rings. The number of hydrogen-bond acceptors (Lipinski definition) is 3. The van der Waals surface area contributed by atoms with E-state index in [1.165, 1.54) is 6.07 Å². The molecule has 1 fully saturated rings. The molecule has 3 nitrogen and oxygen atoms in total. The summed E-state index contributed by atoms with van der Waals surface area (Å²) in [6.45, 7) is 0.182. The van der Waals surface area contributed by atoms with Crippen LogP contribution in [0.5, 0.6) is 11.5 Å². The molecule has 0 bridgehead atoms. The molecule has 116 valence electrons. The first kappa shape index (κ1) is 14.5. The van der Waals surface area contributed by atoms with Crippen molar-refractivity contribution < 1.29 is 22.6 Å². The van der Waals surface area contributed by atoms with Gasteiger partial charge in [-0.15, -0.1) is 0 Å². The number of fused-ring (bicyclic) bond motifs is 1. The van der Waals surface area contributed by atoms with E-state index in [-0.39, 0.29) is 24.7 Å². The first-order chi connectivity index (χ1) is 9.96. The maximum absolute atomic E-state index is 13.4. The number of ether oxygens (including phenoxy) is 2. The Morgan fingerprint density at radius 2 is 1.67 bits per heavy atom. The lowest BCUT2D eigenvalue weighted by molar-refractivity contribution is -0.139. The van der Waals surface area contributed by atoms with Gasteiger partial charge in [0.25, 0.3) is 0 Å². The second-order valence-corrected chi connectivity index (χ2v) is 5.79. The highest BCUT2D eigenvalue weighted by Gasteiger charge is 2.43. The number of rotatable bonds is 2. The fourth-order valence-corrected chi connectivity index (χ4v) is 3.43. The van der Waals surface area contributed by atoms with Crippen molar-refractivity contribution in [1.82, 2.24) is 0 Å². The molecule has 2 N–H and O–H groups in total. The van der Waals surface area contributed by atoms with E-state index in [2.05, 4.69) is 0 Å². The van der Waals surface area contributed by atoms with E-state index in [9.17, 15) is 13.2 Å². The van der Waals surface area contributed by atoms with Gasteiger partial charge < -0.3 is 15.2 Å². The quantitative estimate of drug-likeness (QED) is 0.908. The second-order valence-electron chi connectivity index (χ2n) is 5.79. The molecule has 1 saturated carbocycles. The third-order valence-electron chi connectivity index (χ3n) is 4.59. The van der Waals surface area contributed by atoms with Crippen LogP contribution in [0.3, 0.4) is 0 Å². The van der Waals surface area contributed by atoms with Crippen molar-refractivity contribution in [2.24, 2.45) is 5.73 Å². The van der Waals surface area contributed by atoms with Gasteiger partial charge >= 0.3 is 6.18 Å². The minimum absolute atomic E-state index is 0.0360. The molecule has 0 atom stereocenters. The van der Waals surface area contributed by atoms with Crippen LogP contribution in [0.15, 0.2) is 12.1 Å². The molecule has 2 aliphatic rings. The van der Waals surface area contributed by atoms with Crippen LogP contribution in [0.1, 0.15) is 43.2 Å². The van der Waals surface area contributed by atoms with Crippen molar-refractivity contribution >= 4 is 0 Å². The average molecular weight is 301 g/mol. The van der Waals surface area contributed by atoms with Crippen LogP contribution < -0.4 is 15.2 Å². The van der Waals surface area contributed by atoms with E-state index in [0.29, 0.717) is 18.6 Å². The van der Waals surface area contributed by atoms with Gasteiger partial charge in [0.05, 0.1) is 5.56 Å². The molecule has 1 aliphatic carbocycles. The molecule has 0 aromatic heterocycles. The lowest BCUT2D eigenvalue weighted by Gasteiger charge is -2.38. The lowest BCUT2D eigenvalue weighted by Crippen LogP contribution is -2.38. The molecule has 3 rings (SSSR count). The largest absolute Gasteiger partial charge is 0.454 e. The van der Waals surface area contributed by atoms with Crippen molar-refractivity contribution in [2.45, 2.75) is 43.7 Å². The first-order valence-corrected chi connectivity index (χ1v) is 7.18. The summed E-state index contributed by atoms with van der Waals surface area (Å²) in [5, 5.41) is 0. The van der Waals surface area contributed by atoms with Crippen LogP contribution in [-0.4, -0.2) is 13.3 Å². The standard InChI is InChI=1S/C15H18F3NO2/c16-15(17,18)11-7-13-12(20-9-21-13)6-10(11)14(8-19)4-2-1-3-5-14/h6-7H,1-5,8-9,19H2. The van der Waals surface area contributed by atoms with Crippen molar-refractivity contribution in [3.05, 3.63) is 23.3 Å². The fourth-order valence-electron chi connectivity index (χ4n) is 3.43. The molecule has 1 aromatic carbocycles. The number of alkyl halides is 3. The second kappa shape index (κ2) is 5.09. The Morgan fingerprint density at radius 1 is 1.05 bits per heavy atom. The molecular weight excluding hydrogens is 283 g/mol. The molecule has 0 saturated heterocycles. The van der Waals surface area contributed by atoms with Gasteiger partial charge in [0.15, 0.2) is 11.5 Å². The fraction of sp³-hybridized carbons (Fsp3) is 0.600. The van der Waals surface area contributed by atoms with E-state index < -0.39 is 17.2 Å². The Balaban J connectivity index is 2.15. The molecule has 1 aliphatic heterocycles. The van der Waals surface area contributed by atoms with Gasteiger partial charge in [-0.2, -0.15) is 13.2 Å². The number of halogens is 3. The molecule has 0 unspecified atom stereocenters. The first-order valence-electron chi connectivity index (χ1n) is 7.18. The molecule has 1 heterocycles. The summed E-state index contributed by atoms with van der Waals surface area (Å²) in [5.74, 6) is 0.547. The van der Waals surface area contributed by atoms with Crippen molar-refractivity contribution in [3.63, 3.8) is 0 Å². The number of benzene rings is 1. The zero-order valence-corrected chi connectivity index (χ0v) is 11.6. The van der Waals surface area contributed by atoms with E-state index in [1.54, 1.807) is 0 Å². The van der Waals surface area contributed by atoms with Crippen LogP contribution in [0.2, 0.25) is 0 Å². The van der Waals surface area contributed by atoms with Gasteiger partial charge in [-0.1, -0.05) is 19.3 Å². The summed E-state index contributed by atoms with van der Waals surface area (Å²) < 4.78 is 50.7. The maximum atomic E-state index is 13.4. The summed E-state index contributed by atoms with van der Waals surface area (Å²) in [6.07, 6.45) is -0.187. The zero-order valence-electron chi connectivity index (χ0n) is 11.6. The van der Waals surface area contributed by atoms with Crippen LogP contribution in [0, 0.1) is 0 Å². The monoisotopic (exact) mass is 301 g/mol. The molecule has 0 radical (unpaired) electrons. The number of nitrogens with two attached hydrogens (primary N) is 1. The molecule has 6 heteroatoms. The Hall–Kier alpha value is -1.43. The van der Waals surface area contributed by atoms with Gasteiger partial charge in [-0.25, -0.2) is 0 Å². The van der Waals surface area contributed by atoms with Gasteiger partial charge in [-0.3, -0.25) is 0 Å². The normalized spacial score (nSPS) is 20.6. The summed E-state index contributed by atoms with van der Waals surface area (Å²) in [6, 6.07) is 2.55. The highest BCUT2D eigenvalue weighted by molar-refractivity contribution is 5.52. The van der Waals surface area contributed by atoms with E-state index >= 15 is 0 Å². The summed E-state index contributed by atoms with van der Waals surface area (Å²) in [7, 11) is 0. The minimum Gasteiger partial charge on any atom is -0.454 e. The molecule has 0 amide bonds. The zero-order chi connectivity index (χ0) is 15.1. The topological polar surface area (TPSA) is 44.5 Å². The smallest absolute Gasteiger partial charge is 0.416 e. The average Bonchev–Trinajstić information content (AvgIpc) is 2.93. The van der Waals surface area contributed by atoms with Crippen LogP contribution in [0.25, 0.3) is 0 Å². The van der Waals surface area contributed by atoms with E-state index in [4.69, 9.17) is 15.2 Å². The predicted molar refractivity (Wildman–Crippen MR) is 71.4 cm³/mol. The van der Waals surface area contributed by atoms with Gasteiger partial charge in [0.2, 0.25) is 6.79 Å². The van der Waals surface area contributed by atoms with Crippen molar-refractivity contribution in [3.8, 4) is 11.5 Å². The molecular formula is C15H18F3NO2. The van der Waals surface area contributed by atoms with Gasteiger partial charge in [0.1, 0.15) is 0 Å². The van der Waals surface area contributed by atoms with Gasteiger partial charge in [-0.05, 0) is 30.5 Å². The Bertz CT molecular complexity index is 536. The van der Waals surface area contributed by atoms with E-state index in [0.717, 1.165) is 25.3 Å². The summed E-state index contributed by atoms with van der Waals surface area (Å²) in [4.78, 5) is 0. The Kier molecular flexibility index (Phi) is 3.51. The van der Waals surface area contributed by atoms with Crippen molar-refractivity contribution in [2.75, 3.05) is 13.3 Å². The third-order valence-corrected chi connectivity index (χ3v) is 4.59. The molecule has 0 spiro atoms. The molecule has 21 heavy (non-hydrogen) atoms. The van der Waals surface area contributed by atoms with Crippen molar-refractivity contribution in [1.29, 1.82) is 0 Å². The predicted octanol–water partition coefficient (Wildman–Crippen LogP) is 3.59. The maximum Gasteiger partial charge on any atom is 0.416 e. The van der Waals surface area contributed by atoms with Crippen LogP contribution >= 0.6 is 0 Å². The van der Waals surface area contributed by atoms with Crippen LogP contribution in [0.4, 0.5) is 13.2 Å². The SMILES string of the molecule is NCC1(c2cc3c(cc2C(F)(F)F)OCO3)CCCCC1.